The van der Waals surface area contributed by atoms with E-state index in [0.717, 1.165) is 24.1 Å². The number of nitrogens with one attached hydrogen (secondary N) is 1. The smallest absolute Gasteiger partial charge is 0.163 e. The van der Waals surface area contributed by atoms with Crippen molar-refractivity contribution in [3.63, 3.8) is 0 Å². The number of ether oxygens (including phenoxy) is 4. The monoisotopic (exact) mass is 441 g/mol. The van der Waals surface area contributed by atoms with E-state index >= 15 is 0 Å². The van der Waals surface area contributed by atoms with E-state index < -0.39 is 0 Å². The summed E-state index contributed by atoms with van der Waals surface area (Å²) in [7, 11) is 6.30. The van der Waals surface area contributed by atoms with Crippen LogP contribution in [-0.2, 0) is 11.2 Å². The maximum Gasteiger partial charge on any atom is 0.163 e. The molecule has 7 nitrogen and oxygen atoms in total. The van der Waals surface area contributed by atoms with Crippen molar-refractivity contribution in [1.82, 2.24) is 5.32 Å². The predicted molar refractivity (Wildman–Crippen MR) is 121 cm³/mol. The number of fused-ring (bicyclic) bond motifs is 1. The number of unbranched alkanes of at least 4 members (excludes halogenated alkanes) is 1. The number of rotatable bonds is 11. The van der Waals surface area contributed by atoms with Crippen molar-refractivity contribution >= 4 is 11.6 Å². The highest BCUT2D eigenvalue weighted by Gasteiger charge is 2.27. The second-order valence-electron chi connectivity index (χ2n) is 7.71. The van der Waals surface area contributed by atoms with Gasteiger partial charge in [0, 0.05) is 24.9 Å². The Labute approximate surface area is 189 Å². The lowest BCUT2D eigenvalue weighted by Crippen LogP contribution is -2.35. The summed E-state index contributed by atoms with van der Waals surface area (Å²) in [6, 6.07) is 8.64. The average Bonchev–Trinajstić information content (AvgIpc) is 2.84. The van der Waals surface area contributed by atoms with Gasteiger partial charge in [-0.3, -0.25) is 9.59 Å². The van der Waals surface area contributed by atoms with E-state index in [1.807, 2.05) is 12.1 Å². The first-order valence-corrected chi connectivity index (χ1v) is 10.8. The molecule has 1 aliphatic rings. The van der Waals surface area contributed by atoms with Gasteiger partial charge in [0.2, 0.25) is 0 Å². The van der Waals surface area contributed by atoms with Crippen molar-refractivity contribution in [2.24, 2.45) is 0 Å². The van der Waals surface area contributed by atoms with Gasteiger partial charge in [-0.1, -0.05) is 0 Å². The van der Waals surface area contributed by atoms with Gasteiger partial charge in [-0.25, -0.2) is 0 Å². The Morgan fingerprint density at radius 3 is 2.16 bits per heavy atom. The Morgan fingerprint density at radius 1 is 0.844 bits per heavy atom. The van der Waals surface area contributed by atoms with Crippen LogP contribution in [0.2, 0.25) is 0 Å². The van der Waals surface area contributed by atoms with E-state index in [4.69, 9.17) is 18.9 Å². The number of hydrogen-bond acceptors (Lipinski definition) is 7. The Hall–Kier alpha value is -3.06. The fraction of sp³-hybridized carbons (Fsp3) is 0.440. The Kier molecular flexibility index (Phi) is 8.11. The Bertz CT molecular complexity index is 971. The third kappa shape index (κ3) is 5.22. The highest BCUT2D eigenvalue weighted by molar-refractivity contribution is 5.96. The zero-order valence-corrected chi connectivity index (χ0v) is 19.2. The first-order chi connectivity index (χ1) is 15.5. The van der Waals surface area contributed by atoms with Gasteiger partial charge in [-0.15, -0.1) is 0 Å². The number of carbonyl (C=O) groups is 2. The van der Waals surface area contributed by atoms with Crippen molar-refractivity contribution in [2.75, 3.05) is 35.0 Å². The Morgan fingerprint density at radius 2 is 1.47 bits per heavy atom. The van der Waals surface area contributed by atoms with Crippen molar-refractivity contribution in [3.8, 4) is 23.0 Å². The molecule has 0 fully saturated rings. The first kappa shape index (κ1) is 23.6. The molecule has 1 aliphatic heterocycles. The molecule has 172 valence electrons. The SMILES string of the molecule is COc1ccc(C(=O)CCCCC(=O)C2NCCc3cc(OC)c(OC)cc32)cc1OC. The van der Waals surface area contributed by atoms with Crippen LogP contribution in [0.25, 0.3) is 0 Å². The molecular formula is C25H31NO6. The summed E-state index contributed by atoms with van der Waals surface area (Å²) in [5, 5.41) is 3.32. The minimum atomic E-state index is -0.361. The molecule has 0 spiro atoms. The molecule has 7 heteroatoms. The molecule has 32 heavy (non-hydrogen) atoms. The van der Waals surface area contributed by atoms with Crippen molar-refractivity contribution < 1.29 is 28.5 Å². The van der Waals surface area contributed by atoms with E-state index in [9.17, 15) is 9.59 Å². The molecule has 2 aromatic carbocycles. The van der Waals surface area contributed by atoms with Crippen LogP contribution in [-0.4, -0.2) is 46.6 Å². The third-order valence-corrected chi connectivity index (χ3v) is 5.80. The van der Waals surface area contributed by atoms with Gasteiger partial charge < -0.3 is 24.3 Å². The fourth-order valence-electron chi connectivity index (χ4n) is 4.05. The number of methoxy groups -OCH3 is 4. The van der Waals surface area contributed by atoms with E-state index in [0.29, 0.717) is 54.2 Å². The molecule has 3 rings (SSSR count). The van der Waals surface area contributed by atoms with Crippen molar-refractivity contribution in [2.45, 2.75) is 38.1 Å². The number of hydrogen-bond donors (Lipinski definition) is 1. The molecule has 0 amide bonds. The summed E-state index contributed by atoms with van der Waals surface area (Å²) in [6.07, 6.45) is 2.91. The molecule has 0 saturated heterocycles. The molecule has 1 unspecified atom stereocenters. The molecule has 0 saturated carbocycles. The van der Waals surface area contributed by atoms with E-state index in [2.05, 4.69) is 5.32 Å². The summed E-state index contributed by atoms with van der Waals surface area (Å²) < 4.78 is 21.3. The number of benzene rings is 2. The maximum absolute atomic E-state index is 12.9. The van der Waals surface area contributed by atoms with E-state index in [1.165, 1.54) is 0 Å². The zero-order valence-electron chi connectivity index (χ0n) is 19.2. The number of ketones is 2. The van der Waals surface area contributed by atoms with Crippen LogP contribution >= 0.6 is 0 Å². The molecule has 0 aromatic heterocycles. The molecule has 2 aromatic rings. The molecule has 1 heterocycles. The van der Waals surface area contributed by atoms with Crippen LogP contribution in [0, 0.1) is 0 Å². The van der Waals surface area contributed by atoms with Gasteiger partial charge in [-0.2, -0.15) is 0 Å². The second kappa shape index (κ2) is 11.0. The minimum Gasteiger partial charge on any atom is -0.493 e. The van der Waals surface area contributed by atoms with Gasteiger partial charge in [0.15, 0.2) is 34.6 Å². The molecule has 1 N–H and O–H groups in total. The highest BCUT2D eigenvalue weighted by Crippen LogP contribution is 2.36. The Balaban J connectivity index is 1.56. The predicted octanol–water partition coefficient (Wildman–Crippen LogP) is 3.92. The van der Waals surface area contributed by atoms with Crippen LogP contribution in [0.1, 0.15) is 53.2 Å². The molecule has 0 aliphatic carbocycles. The lowest BCUT2D eigenvalue weighted by Gasteiger charge is -2.27. The number of Topliss-reactive ketones (excluding diaryl/α,β-unsaturated/α-hetero) is 2. The van der Waals surface area contributed by atoms with Crippen molar-refractivity contribution in [3.05, 3.63) is 47.0 Å². The maximum atomic E-state index is 12.9. The zero-order chi connectivity index (χ0) is 23.1. The molecule has 1 atom stereocenters. The van der Waals surface area contributed by atoms with E-state index in [-0.39, 0.29) is 17.6 Å². The quantitative estimate of drug-likeness (QED) is 0.418. The van der Waals surface area contributed by atoms with Gasteiger partial charge in [0.05, 0.1) is 34.5 Å². The van der Waals surface area contributed by atoms with Gasteiger partial charge in [0.25, 0.3) is 0 Å². The summed E-state index contributed by atoms with van der Waals surface area (Å²) in [5.41, 5.74) is 2.63. The summed E-state index contributed by atoms with van der Waals surface area (Å²) in [4.78, 5) is 25.5. The normalized spacial score (nSPS) is 14.9. The lowest BCUT2D eigenvalue weighted by atomic mass is 9.89. The summed E-state index contributed by atoms with van der Waals surface area (Å²) >= 11 is 0. The van der Waals surface area contributed by atoms with Crippen LogP contribution in [0.4, 0.5) is 0 Å². The minimum absolute atomic E-state index is 0.0244. The topological polar surface area (TPSA) is 83.1 Å². The first-order valence-electron chi connectivity index (χ1n) is 10.8. The van der Waals surface area contributed by atoms with Crippen LogP contribution in [0.5, 0.6) is 23.0 Å². The lowest BCUT2D eigenvalue weighted by molar-refractivity contribution is -0.121. The average molecular weight is 442 g/mol. The van der Waals surface area contributed by atoms with Crippen LogP contribution in [0.3, 0.4) is 0 Å². The van der Waals surface area contributed by atoms with Gasteiger partial charge in [0.1, 0.15) is 0 Å². The number of carbonyl (C=O) groups excluding carboxylic acids is 2. The van der Waals surface area contributed by atoms with Gasteiger partial charge in [-0.05, 0) is 60.7 Å². The van der Waals surface area contributed by atoms with E-state index in [1.54, 1.807) is 46.6 Å². The van der Waals surface area contributed by atoms with Gasteiger partial charge >= 0.3 is 0 Å². The largest absolute Gasteiger partial charge is 0.493 e. The second-order valence-corrected chi connectivity index (χ2v) is 7.71. The summed E-state index contributed by atoms with van der Waals surface area (Å²) in [6.45, 7) is 0.733. The standard InChI is InChI=1S/C25H31NO6/c1-29-21-10-9-17(14-22(21)30-2)19(27)7-5-6-8-20(28)25-18-15-24(32-4)23(31-3)13-16(18)11-12-26-25/h9-10,13-15,25-26H,5-8,11-12H2,1-4H3. The van der Waals surface area contributed by atoms with Crippen LogP contribution < -0.4 is 24.3 Å². The highest BCUT2D eigenvalue weighted by atomic mass is 16.5. The third-order valence-electron chi connectivity index (χ3n) is 5.80. The molecule has 0 bridgehead atoms. The molecular weight excluding hydrogens is 410 g/mol. The fourth-order valence-corrected chi connectivity index (χ4v) is 4.05. The molecule has 0 radical (unpaired) electrons. The van der Waals surface area contributed by atoms with Crippen LogP contribution in [0.15, 0.2) is 30.3 Å². The summed E-state index contributed by atoms with van der Waals surface area (Å²) in [5.74, 6) is 2.56. The van der Waals surface area contributed by atoms with Crippen molar-refractivity contribution in [1.29, 1.82) is 0 Å².